The summed E-state index contributed by atoms with van der Waals surface area (Å²) in [6, 6.07) is 7.51. The lowest BCUT2D eigenvalue weighted by atomic mass is 9.92. The Morgan fingerprint density at radius 2 is 1.97 bits per heavy atom. The molecule has 1 fully saturated rings. The van der Waals surface area contributed by atoms with Gasteiger partial charge in [-0.15, -0.1) is 0 Å². The fourth-order valence-corrected chi connectivity index (χ4v) is 4.60. The maximum atomic E-state index is 3.92. The lowest BCUT2D eigenvalue weighted by Crippen LogP contribution is -2.38. The Morgan fingerprint density at radius 1 is 1.29 bits per heavy atom. The molecule has 0 radical (unpaired) electrons. The van der Waals surface area contributed by atoms with Crippen molar-refractivity contribution in [3.63, 3.8) is 0 Å². The van der Waals surface area contributed by atoms with Gasteiger partial charge in [-0.2, -0.15) is 11.8 Å². The average molecular weight is 445 g/mol. The predicted octanol–water partition coefficient (Wildman–Crippen LogP) is 5.40. The first-order valence-electron chi connectivity index (χ1n) is 11.6. The lowest BCUT2D eigenvalue weighted by Gasteiger charge is -2.34. The Hall–Kier alpha value is -1.56. The molecule has 2 heterocycles. The Kier molecular flexibility index (Phi) is 13.5. The highest BCUT2D eigenvalue weighted by molar-refractivity contribution is 7.99. The van der Waals surface area contributed by atoms with Crippen molar-refractivity contribution < 1.29 is 0 Å². The summed E-state index contributed by atoms with van der Waals surface area (Å²) in [7, 11) is 4.00. The third-order valence-electron chi connectivity index (χ3n) is 5.54. The number of fused-ring (bicyclic) bond motifs is 1. The first kappa shape index (κ1) is 27.5. The van der Waals surface area contributed by atoms with Gasteiger partial charge in [0.05, 0.1) is 5.70 Å². The summed E-state index contributed by atoms with van der Waals surface area (Å²) in [5.74, 6) is 2.55. The fraction of sp³-hybridized carbons (Fsp3) is 0.577. The second-order valence-corrected chi connectivity index (χ2v) is 9.16. The van der Waals surface area contributed by atoms with Crippen LogP contribution in [-0.4, -0.2) is 62.9 Å². The average Bonchev–Trinajstić information content (AvgIpc) is 2.83. The van der Waals surface area contributed by atoms with Crippen LogP contribution in [0.1, 0.15) is 45.2 Å². The molecule has 1 unspecified atom stereocenters. The highest BCUT2D eigenvalue weighted by Gasteiger charge is 2.22. The molecule has 1 aromatic carbocycles. The first-order valence-corrected chi connectivity index (χ1v) is 12.8. The van der Waals surface area contributed by atoms with Crippen molar-refractivity contribution in [1.29, 1.82) is 0 Å². The number of hydrogen-bond acceptors (Lipinski definition) is 5. The smallest absolute Gasteiger partial charge is 0.0565 e. The highest BCUT2D eigenvalue weighted by Crippen LogP contribution is 2.30. The van der Waals surface area contributed by atoms with Gasteiger partial charge in [0.2, 0.25) is 0 Å². The van der Waals surface area contributed by atoms with E-state index < -0.39 is 0 Å². The summed E-state index contributed by atoms with van der Waals surface area (Å²) in [4.78, 5) is 8.56. The highest BCUT2D eigenvalue weighted by atomic mass is 32.2. The van der Waals surface area contributed by atoms with E-state index in [1.54, 1.807) is 11.6 Å². The van der Waals surface area contributed by atoms with E-state index >= 15 is 0 Å². The zero-order valence-corrected chi connectivity index (χ0v) is 21.5. The van der Waals surface area contributed by atoms with E-state index in [0.29, 0.717) is 6.04 Å². The molecule has 0 aliphatic carbocycles. The third-order valence-corrected chi connectivity index (χ3v) is 6.49. The van der Waals surface area contributed by atoms with Crippen LogP contribution in [0.2, 0.25) is 0 Å². The molecular weight excluding hydrogens is 400 g/mol. The van der Waals surface area contributed by atoms with Crippen molar-refractivity contribution in [2.24, 2.45) is 4.99 Å². The van der Waals surface area contributed by atoms with Gasteiger partial charge in [0.15, 0.2) is 0 Å². The normalized spacial score (nSPS) is 18.5. The minimum atomic E-state index is 0.665. The topological polar surface area (TPSA) is 30.9 Å². The van der Waals surface area contributed by atoms with Crippen LogP contribution in [0.3, 0.4) is 0 Å². The number of hydrogen-bond donors (Lipinski definition) is 1. The van der Waals surface area contributed by atoms with Crippen LogP contribution >= 0.6 is 11.8 Å². The summed E-state index contributed by atoms with van der Waals surface area (Å²) < 4.78 is 0. The van der Waals surface area contributed by atoms with Gasteiger partial charge in [-0.3, -0.25) is 4.99 Å². The molecule has 0 amide bonds. The second-order valence-electron chi connectivity index (χ2n) is 7.93. The molecule has 3 rings (SSSR count). The van der Waals surface area contributed by atoms with Crippen LogP contribution < -0.4 is 10.2 Å². The van der Waals surface area contributed by atoms with Gasteiger partial charge < -0.3 is 15.1 Å². The number of benzene rings is 1. The van der Waals surface area contributed by atoms with E-state index in [2.05, 4.69) is 70.3 Å². The van der Waals surface area contributed by atoms with Crippen LogP contribution in [-0.2, 0) is 13.0 Å². The summed E-state index contributed by atoms with van der Waals surface area (Å²) in [5.41, 5.74) is 6.71. The summed E-state index contributed by atoms with van der Waals surface area (Å²) >= 11 is 2.08. The minimum Gasteiger partial charge on any atom is -0.370 e. The molecule has 1 N–H and O–H groups in total. The number of thioether (sulfide) groups is 1. The zero-order valence-electron chi connectivity index (χ0n) is 20.7. The molecule has 2 aliphatic heterocycles. The van der Waals surface area contributed by atoms with Crippen LogP contribution in [0.4, 0.5) is 5.69 Å². The Morgan fingerprint density at radius 3 is 2.52 bits per heavy atom. The number of nitrogens with one attached hydrogen (secondary N) is 1. The number of nitrogens with zero attached hydrogens (tertiary/aromatic N) is 3. The molecule has 4 nitrogen and oxygen atoms in total. The van der Waals surface area contributed by atoms with Gasteiger partial charge in [-0.25, -0.2) is 0 Å². The van der Waals surface area contributed by atoms with Gasteiger partial charge in [0.25, 0.3) is 0 Å². The van der Waals surface area contributed by atoms with Gasteiger partial charge in [0.1, 0.15) is 0 Å². The molecule has 0 aromatic heterocycles. The number of allylic oxidation sites excluding steroid dienone is 2. The largest absolute Gasteiger partial charge is 0.370 e. The van der Waals surface area contributed by atoms with E-state index in [4.69, 9.17) is 0 Å². The van der Waals surface area contributed by atoms with E-state index in [9.17, 15) is 0 Å². The van der Waals surface area contributed by atoms with Crippen molar-refractivity contribution >= 4 is 24.2 Å². The molecule has 1 aromatic rings. The van der Waals surface area contributed by atoms with Gasteiger partial charge in [0, 0.05) is 49.4 Å². The Labute approximate surface area is 195 Å². The minimum absolute atomic E-state index is 0.665. The van der Waals surface area contributed by atoms with Crippen molar-refractivity contribution in [3.05, 3.63) is 53.3 Å². The van der Waals surface area contributed by atoms with Crippen LogP contribution in [0.5, 0.6) is 0 Å². The molecule has 5 heteroatoms. The van der Waals surface area contributed by atoms with E-state index in [0.717, 1.165) is 24.4 Å². The maximum absolute atomic E-state index is 3.92. The number of rotatable bonds is 6. The number of aliphatic imine (C=N–C) groups is 1. The van der Waals surface area contributed by atoms with Crippen LogP contribution in [0.25, 0.3) is 0 Å². The van der Waals surface area contributed by atoms with Crippen LogP contribution in [0, 0.1) is 0 Å². The van der Waals surface area contributed by atoms with Gasteiger partial charge in [-0.05, 0) is 63.3 Å². The third kappa shape index (κ3) is 8.83. The van der Waals surface area contributed by atoms with E-state index in [1.165, 1.54) is 48.7 Å². The van der Waals surface area contributed by atoms with Crippen molar-refractivity contribution in [1.82, 2.24) is 10.2 Å². The maximum Gasteiger partial charge on any atom is 0.0565 e. The summed E-state index contributed by atoms with van der Waals surface area (Å²) in [6.45, 7) is 19.7. The SMILES string of the molecule is C=C/C(C)=C(/CN(C)C)N=C.CC.CCC1Cc2c(cccc2N2CCSCC2)CN1. The molecule has 1 saturated heterocycles. The molecule has 0 bridgehead atoms. The standard InChI is InChI=1S/C15H22N2S.C9H16N2.C2H6/c1-2-13-10-14-12(11-16-13)4-3-5-15(14)17-6-8-18-9-7-17;1-6-8(2)9(10-3)7-11(4)5;1-2/h3-5,13,16H,2,6-11H2,1H3;6H,1,3,7H2,2,4-5H3;1-2H3/b;9-8-;. The van der Waals surface area contributed by atoms with E-state index in [1.807, 2.05) is 34.9 Å². The monoisotopic (exact) mass is 444 g/mol. The van der Waals surface area contributed by atoms with Gasteiger partial charge in [-0.1, -0.05) is 45.6 Å². The number of anilines is 1. The molecule has 174 valence electrons. The molecule has 1 atom stereocenters. The van der Waals surface area contributed by atoms with Crippen molar-refractivity contribution in [3.8, 4) is 0 Å². The molecular formula is C26H44N4S. The molecule has 31 heavy (non-hydrogen) atoms. The predicted molar refractivity (Wildman–Crippen MR) is 143 cm³/mol. The Bertz CT molecular complexity index is 705. The van der Waals surface area contributed by atoms with Crippen molar-refractivity contribution in [2.75, 3.05) is 50.1 Å². The van der Waals surface area contributed by atoms with Crippen molar-refractivity contribution in [2.45, 2.75) is 53.1 Å². The lowest BCUT2D eigenvalue weighted by molar-refractivity contribution is 0.443. The van der Waals surface area contributed by atoms with Gasteiger partial charge >= 0.3 is 0 Å². The molecule has 0 spiro atoms. The Balaban J connectivity index is 0.000000321. The summed E-state index contributed by atoms with van der Waals surface area (Å²) in [5, 5.41) is 3.63. The molecule has 2 aliphatic rings. The first-order chi connectivity index (χ1) is 15.0. The number of likely N-dealkylation sites (N-methyl/N-ethyl adjacent to an activating group) is 1. The zero-order chi connectivity index (χ0) is 23.2. The summed E-state index contributed by atoms with van der Waals surface area (Å²) in [6.07, 6.45) is 4.22. The fourth-order valence-electron chi connectivity index (χ4n) is 3.70. The molecule has 0 saturated carbocycles. The second kappa shape index (κ2) is 15.3. The quantitative estimate of drug-likeness (QED) is 0.470. The van der Waals surface area contributed by atoms with Crippen LogP contribution in [0.15, 0.2) is 47.1 Å². The van der Waals surface area contributed by atoms with E-state index in [-0.39, 0.29) is 0 Å².